The van der Waals surface area contributed by atoms with Gasteiger partial charge in [-0.1, -0.05) is 0 Å². The Balaban J connectivity index is 1.28. The molecule has 0 aliphatic heterocycles. The molecule has 31 heavy (non-hydrogen) atoms. The van der Waals surface area contributed by atoms with Crippen molar-refractivity contribution in [2.24, 2.45) is 11.8 Å². The summed E-state index contributed by atoms with van der Waals surface area (Å²) in [5.74, 6) is 1.05. The Kier molecular flexibility index (Phi) is 5.25. The maximum Gasteiger partial charge on any atom is 0.283 e. The maximum absolute atomic E-state index is 12.9. The smallest absolute Gasteiger partial charge is 0.283 e. The van der Waals surface area contributed by atoms with Crippen LogP contribution >= 0.6 is 15.9 Å². The van der Waals surface area contributed by atoms with Gasteiger partial charge in [-0.15, -0.1) is 0 Å². The number of anilines is 1. The van der Waals surface area contributed by atoms with Gasteiger partial charge in [0.1, 0.15) is 11.0 Å². The third-order valence-corrected chi connectivity index (χ3v) is 7.95. The van der Waals surface area contributed by atoms with Gasteiger partial charge >= 0.3 is 0 Å². The second-order valence-corrected chi connectivity index (χ2v) is 10.6. The number of rotatable bonds is 7. The number of nitrogens with zero attached hydrogens (tertiary/aromatic N) is 3. The van der Waals surface area contributed by atoms with Crippen LogP contribution in [-0.4, -0.2) is 36.8 Å². The number of aromatic nitrogens is 3. The highest BCUT2D eigenvalue weighted by atomic mass is 79.9. The average molecular weight is 487 g/mol. The topological polar surface area (TPSA) is 97.1 Å². The average Bonchev–Trinajstić information content (AvgIpc) is 2.71. The second kappa shape index (κ2) is 7.81. The Morgan fingerprint density at radius 2 is 1.94 bits per heavy atom. The molecule has 4 bridgehead atoms. The number of hydrogen-bond acceptors (Lipinski definition) is 6. The molecule has 7 nitrogen and oxygen atoms in total. The highest BCUT2D eigenvalue weighted by molar-refractivity contribution is 9.10. The second-order valence-electron chi connectivity index (χ2n) is 9.82. The van der Waals surface area contributed by atoms with E-state index in [2.05, 4.69) is 31.3 Å². The minimum absolute atomic E-state index is 0.0395. The van der Waals surface area contributed by atoms with Gasteiger partial charge in [0.15, 0.2) is 5.78 Å². The molecule has 2 unspecified atom stereocenters. The van der Waals surface area contributed by atoms with E-state index in [0.29, 0.717) is 34.8 Å². The van der Waals surface area contributed by atoms with Gasteiger partial charge in [0.25, 0.3) is 5.56 Å². The molecular formula is C23H27BrN4O3. The van der Waals surface area contributed by atoms with Crippen molar-refractivity contribution in [2.75, 3.05) is 5.32 Å². The van der Waals surface area contributed by atoms with Gasteiger partial charge in [0, 0.05) is 24.4 Å². The summed E-state index contributed by atoms with van der Waals surface area (Å²) in [5.41, 5.74) is 0.623. The quantitative estimate of drug-likeness (QED) is 0.623. The molecule has 164 valence electrons. The zero-order chi connectivity index (χ0) is 21.6. The first-order valence-electron chi connectivity index (χ1n) is 11.0. The first-order chi connectivity index (χ1) is 14.8. The summed E-state index contributed by atoms with van der Waals surface area (Å²) < 4.78 is 1.62. The molecule has 8 heteroatoms. The molecule has 4 aliphatic rings. The Labute approximate surface area is 189 Å². The lowest BCUT2D eigenvalue weighted by molar-refractivity contribution is -0.127. The highest BCUT2D eigenvalue weighted by Gasteiger charge is 2.57. The number of pyridine rings is 1. The van der Waals surface area contributed by atoms with Crippen LogP contribution in [0.5, 0.6) is 0 Å². The fourth-order valence-electron chi connectivity index (χ4n) is 6.39. The lowest BCUT2D eigenvalue weighted by atomic mass is 9.51. The molecule has 0 saturated heterocycles. The van der Waals surface area contributed by atoms with Crippen LogP contribution in [0.1, 0.15) is 50.5 Å². The minimum atomic E-state index is -0.576. The van der Waals surface area contributed by atoms with Crippen molar-refractivity contribution in [3.05, 3.63) is 51.1 Å². The van der Waals surface area contributed by atoms with E-state index in [4.69, 9.17) is 0 Å². The van der Waals surface area contributed by atoms with Crippen molar-refractivity contribution < 1.29 is 9.90 Å². The molecule has 2 heterocycles. The van der Waals surface area contributed by atoms with Crippen molar-refractivity contribution in [3.8, 4) is 0 Å². The Hall–Kier alpha value is -2.06. The summed E-state index contributed by atoms with van der Waals surface area (Å²) in [7, 11) is 0. The first kappa shape index (κ1) is 20.8. The largest absolute Gasteiger partial charge is 0.390 e. The SMILES string of the molecule is O=C(CCc1ccncc1)Cn1ncc(NC23CC4CC(CC(O)(C4)C2)C3)c(Br)c1=O. The molecule has 2 aromatic rings. The summed E-state index contributed by atoms with van der Waals surface area (Å²) in [6.07, 6.45) is 11.8. The summed E-state index contributed by atoms with van der Waals surface area (Å²) in [4.78, 5) is 29.2. The molecule has 0 radical (unpaired) electrons. The van der Waals surface area contributed by atoms with Crippen molar-refractivity contribution >= 4 is 27.4 Å². The number of nitrogens with one attached hydrogen (secondary N) is 1. The molecule has 0 spiro atoms. The van der Waals surface area contributed by atoms with E-state index in [1.54, 1.807) is 18.6 Å². The van der Waals surface area contributed by atoms with Gasteiger partial charge < -0.3 is 10.4 Å². The Morgan fingerprint density at radius 1 is 1.23 bits per heavy atom. The van der Waals surface area contributed by atoms with Gasteiger partial charge in [-0.05, 0) is 90.4 Å². The number of hydrogen-bond donors (Lipinski definition) is 2. The van der Waals surface area contributed by atoms with E-state index >= 15 is 0 Å². The van der Waals surface area contributed by atoms with Crippen molar-refractivity contribution in [2.45, 2.75) is 69.1 Å². The van der Waals surface area contributed by atoms with Crippen LogP contribution in [0.25, 0.3) is 0 Å². The minimum Gasteiger partial charge on any atom is -0.390 e. The zero-order valence-electron chi connectivity index (χ0n) is 17.4. The Bertz CT molecular complexity index is 1040. The number of Topliss-reactive ketones (excluding diaryl/α,β-unsaturated/α-hetero) is 1. The molecule has 0 aromatic carbocycles. The van der Waals surface area contributed by atoms with Gasteiger partial charge in [0.05, 0.1) is 17.5 Å². The predicted molar refractivity (Wildman–Crippen MR) is 120 cm³/mol. The molecule has 2 aromatic heterocycles. The summed E-state index contributed by atoms with van der Waals surface area (Å²) in [5, 5.41) is 18.8. The van der Waals surface area contributed by atoms with Crippen molar-refractivity contribution in [1.29, 1.82) is 0 Å². The fourth-order valence-corrected chi connectivity index (χ4v) is 6.80. The molecule has 2 N–H and O–H groups in total. The summed E-state index contributed by atoms with van der Waals surface area (Å²) in [6, 6.07) is 3.77. The van der Waals surface area contributed by atoms with E-state index < -0.39 is 5.60 Å². The Morgan fingerprint density at radius 3 is 2.61 bits per heavy atom. The number of halogens is 1. The molecule has 4 fully saturated rings. The van der Waals surface area contributed by atoms with Gasteiger partial charge in [0.2, 0.25) is 0 Å². The van der Waals surface area contributed by atoms with E-state index in [9.17, 15) is 14.7 Å². The molecule has 0 amide bonds. The fraction of sp³-hybridized carbons (Fsp3) is 0.565. The molecule has 4 saturated carbocycles. The number of aryl methyl sites for hydroxylation is 1. The van der Waals surface area contributed by atoms with Gasteiger partial charge in [-0.2, -0.15) is 5.10 Å². The molecule has 6 rings (SSSR count). The van der Waals surface area contributed by atoms with Crippen molar-refractivity contribution in [1.82, 2.24) is 14.8 Å². The summed E-state index contributed by atoms with van der Waals surface area (Å²) in [6.45, 7) is -0.0438. The number of carbonyl (C=O) groups excluding carboxylic acids is 1. The number of aliphatic hydroxyl groups is 1. The number of carbonyl (C=O) groups is 1. The lowest BCUT2D eigenvalue weighted by Gasteiger charge is -2.60. The monoisotopic (exact) mass is 486 g/mol. The van der Waals surface area contributed by atoms with E-state index in [1.807, 2.05) is 12.1 Å². The van der Waals surface area contributed by atoms with Gasteiger partial charge in [-0.25, -0.2) is 4.68 Å². The zero-order valence-corrected chi connectivity index (χ0v) is 19.0. The van der Waals surface area contributed by atoms with E-state index in [0.717, 1.165) is 37.7 Å². The standard InChI is InChI=1S/C23H27BrN4O3/c24-20-19(27-22-8-16-7-17(9-22)11-23(31,10-16)14-22)12-26-28(21(20)30)13-18(29)2-1-15-3-5-25-6-4-15/h3-6,12,16-17,27,31H,1-2,7-11,13-14H2. The first-order valence-corrected chi connectivity index (χ1v) is 11.8. The predicted octanol–water partition coefficient (Wildman–Crippen LogP) is 3.10. The van der Waals surface area contributed by atoms with Crippen LogP contribution < -0.4 is 10.9 Å². The highest BCUT2D eigenvalue weighted by Crippen LogP contribution is 2.58. The maximum atomic E-state index is 12.9. The van der Waals surface area contributed by atoms with Crippen LogP contribution in [-0.2, 0) is 17.8 Å². The normalized spacial score (nSPS) is 31.0. The molecule has 2 atom stereocenters. The summed E-state index contributed by atoms with van der Waals surface area (Å²) >= 11 is 3.43. The van der Waals surface area contributed by atoms with Crippen LogP contribution in [0.2, 0.25) is 0 Å². The van der Waals surface area contributed by atoms with Crippen LogP contribution in [0.3, 0.4) is 0 Å². The van der Waals surface area contributed by atoms with Crippen molar-refractivity contribution in [3.63, 3.8) is 0 Å². The van der Waals surface area contributed by atoms with E-state index in [1.165, 1.54) is 11.1 Å². The lowest BCUT2D eigenvalue weighted by Crippen LogP contribution is -2.62. The van der Waals surface area contributed by atoms with E-state index in [-0.39, 0.29) is 23.4 Å². The van der Waals surface area contributed by atoms with Gasteiger partial charge in [-0.3, -0.25) is 14.6 Å². The van der Waals surface area contributed by atoms with Crippen LogP contribution in [0.4, 0.5) is 5.69 Å². The molecular weight excluding hydrogens is 460 g/mol. The third kappa shape index (κ3) is 4.20. The number of ketones is 1. The third-order valence-electron chi connectivity index (χ3n) is 7.18. The van der Waals surface area contributed by atoms with Crippen LogP contribution in [0.15, 0.2) is 40.0 Å². The molecule has 4 aliphatic carbocycles. The van der Waals surface area contributed by atoms with Crippen LogP contribution in [0, 0.1) is 11.8 Å².